The molecule has 1 heterocycles. The van der Waals surface area contributed by atoms with E-state index >= 15 is 0 Å². The minimum atomic E-state index is -4.49. The number of piperazine rings is 1. The highest BCUT2D eigenvalue weighted by Gasteiger charge is 2.30. The van der Waals surface area contributed by atoms with E-state index in [1.54, 1.807) is 18.2 Å². The molecule has 4 aromatic carbocycles. The lowest BCUT2D eigenvalue weighted by Gasteiger charge is -2.39. The molecule has 0 unspecified atom stereocenters. The van der Waals surface area contributed by atoms with E-state index in [-0.39, 0.29) is 22.4 Å². The maximum atomic E-state index is 13.8. The summed E-state index contributed by atoms with van der Waals surface area (Å²) in [4.78, 5) is 29.0. The van der Waals surface area contributed by atoms with E-state index in [4.69, 9.17) is 16.3 Å². The van der Waals surface area contributed by atoms with Crippen LogP contribution in [0, 0.1) is 15.5 Å². The number of halogens is 1. The summed E-state index contributed by atoms with van der Waals surface area (Å²) in [6.07, 6.45) is 8.00. The molecule has 1 aliphatic heterocycles. The summed E-state index contributed by atoms with van der Waals surface area (Å²) in [7, 11) is -3.00. The Morgan fingerprint density at radius 3 is 2.47 bits per heavy atom. The number of allylic oxidation sites excluding steroid dienone is 2. The third kappa shape index (κ3) is 8.41. The molecule has 4 aromatic rings. The highest BCUT2D eigenvalue weighted by Crippen LogP contribution is 2.43. The van der Waals surface area contributed by atoms with Gasteiger partial charge in [0, 0.05) is 68.2 Å². The van der Waals surface area contributed by atoms with Crippen molar-refractivity contribution in [2.24, 2.45) is 5.41 Å². The molecule has 11 nitrogen and oxygen atoms in total. The van der Waals surface area contributed by atoms with Gasteiger partial charge >= 0.3 is 0 Å². The first-order valence-electron chi connectivity index (χ1n) is 18.4. The zero-order valence-corrected chi connectivity index (χ0v) is 32.7. The van der Waals surface area contributed by atoms with Crippen LogP contribution in [0.3, 0.4) is 0 Å². The summed E-state index contributed by atoms with van der Waals surface area (Å²) < 4.78 is 35.4. The number of carbonyl (C=O) groups is 1. The summed E-state index contributed by atoms with van der Waals surface area (Å²) in [5.74, 6) is -0.181. The van der Waals surface area contributed by atoms with Crippen LogP contribution in [0.4, 0.5) is 17.1 Å². The van der Waals surface area contributed by atoms with Crippen LogP contribution < -0.4 is 19.7 Å². The fraction of sp³-hybridized carbons (Fsp3) is 0.310. The lowest BCUT2D eigenvalue weighted by atomic mass is 9.72. The van der Waals surface area contributed by atoms with Gasteiger partial charge in [-0.25, -0.2) is 13.1 Å². The van der Waals surface area contributed by atoms with E-state index in [2.05, 4.69) is 45.8 Å². The molecule has 7 rings (SSSR count). The number of nitrogens with one attached hydrogen (secondary N) is 2. The SMILES string of the molecule is CNc1ccc(S(=O)(=O)NC(=O)c2ccc(N3CCN(CC4=C(c5ccc(Cl)cc5)CC(C)(C)CC4)CC3)cc2Oc2cccc3c2C=CC3)cc1[N+](=O)[O-]. The minimum absolute atomic E-state index is 0.00812. The van der Waals surface area contributed by atoms with Gasteiger partial charge in [0.2, 0.25) is 0 Å². The summed E-state index contributed by atoms with van der Waals surface area (Å²) in [5, 5.41) is 15.0. The minimum Gasteiger partial charge on any atom is -0.456 e. The average Bonchev–Trinajstić information content (AvgIpc) is 3.66. The Morgan fingerprint density at radius 1 is 0.982 bits per heavy atom. The number of ether oxygens (including phenoxy) is 1. The summed E-state index contributed by atoms with van der Waals surface area (Å²) in [6.45, 7) is 8.75. The maximum absolute atomic E-state index is 13.8. The highest BCUT2D eigenvalue weighted by molar-refractivity contribution is 7.90. The van der Waals surface area contributed by atoms with Gasteiger partial charge in [0.15, 0.2) is 0 Å². The van der Waals surface area contributed by atoms with Crippen molar-refractivity contribution in [2.75, 3.05) is 50.0 Å². The van der Waals surface area contributed by atoms with Gasteiger partial charge in [0.1, 0.15) is 17.2 Å². The van der Waals surface area contributed by atoms with Crippen molar-refractivity contribution >= 4 is 56.2 Å². The molecule has 2 N–H and O–H groups in total. The fourth-order valence-corrected chi connectivity index (χ4v) is 8.73. The largest absolute Gasteiger partial charge is 0.456 e. The lowest BCUT2D eigenvalue weighted by molar-refractivity contribution is -0.384. The van der Waals surface area contributed by atoms with E-state index < -0.39 is 31.4 Å². The molecular formula is C42H44ClN5O6S. The summed E-state index contributed by atoms with van der Waals surface area (Å²) in [5.41, 5.74) is 6.92. The van der Waals surface area contributed by atoms with Gasteiger partial charge in [0.05, 0.1) is 15.4 Å². The number of hydrogen-bond acceptors (Lipinski definition) is 9. The van der Waals surface area contributed by atoms with Crippen molar-refractivity contribution in [3.8, 4) is 11.5 Å². The Bertz CT molecular complexity index is 2320. The van der Waals surface area contributed by atoms with Gasteiger partial charge in [-0.05, 0) is 90.3 Å². The molecule has 1 fully saturated rings. The number of amides is 1. The second-order valence-electron chi connectivity index (χ2n) is 15.0. The molecule has 0 bridgehead atoms. The zero-order valence-electron chi connectivity index (χ0n) is 31.1. The van der Waals surface area contributed by atoms with Crippen molar-refractivity contribution in [3.05, 3.63) is 128 Å². The van der Waals surface area contributed by atoms with Gasteiger partial charge in [-0.15, -0.1) is 0 Å². The quantitative estimate of drug-likeness (QED) is 0.113. The molecule has 13 heteroatoms. The fourth-order valence-electron chi connectivity index (χ4n) is 7.62. The molecule has 1 saturated heterocycles. The van der Waals surface area contributed by atoms with Gasteiger partial charge in [0.25, 0.3) is 21.6 Å². The summed E-state index contributed by atoms with van der Waals surface area (Å²) >= 11 is 6.23. The number of nitro groups is 1. The van der Waals surface area contributed by atoms with Gasteiger partial charge < -0.3 is 15.0 Å². The van der Waals surface area contributed by atoms with Crippen molar-refractivity contribution in [1.29, 1.82) is 0 Å². The van der Waals surface area contributed by atoms with Gasteiger partial charge in [-0.2, -0.15) is 0 Å². The van der Waals surface area contributed by atoms with Gasteiger partial charge in [-0.3, -0.25) is 19.8 Å². The molecule has 1 amide bonds. The predicted molar refractivity (Wildman–Crippen MR) is 218 cm³/mol. The second-order valence-corrected chi connectivity index (χ2v) is 17.2. The third-order valence-electron chi connectivity index (χ3n) is 10.7. The number of rotatable bonds is 11. The highest BCUT2D eigenvalue weighted by atomic mass is 35.5. The number of nitro benzene ring substituents is 1. The lowest BCUT2D eigenvalue weighted by Crippen LogP contribution is -2.47. The molecule has 0 spiro atoms. The molecule has 0 radical (unpaired) electrons. The first-order valence-corrected chi connectivity index (χ1v) is 20.2. The third-order valence-corrected chi connectivity index (χ3v) is 12.3. The molecule has 3 aliphatic rings. The van der Waals surface area contributed by atoms with Crippen molar-refractivity contribution in [2.45, 2.75) is 44.4 Å². The first-order chi connectivity index (χ1) is 26.3. The predicted octanol–water partition coefficient (Wildman–Crippen LogP) is 8.56. The van der Waals surface area contributed by atoms with Crippen molar-refractivity contribution < 1.29 is 22.9 Å². The van der Waals surface area contributed by atoms with Crippen LogP contribution in [0.25, 0.3) is 11.6 Å². The number of anilines is 2. The molecule has 0 saturated carbocycles. The number of nitrogens with zero attached hydrogens (tertiary/aromatic N) is 3. The Labute approximate surface area is 326 Å². The molecule has 2 aliphatic carbocycles. The molecular weight excluding hydrogens is 738 g/mol. The van der Waals surface area contributed by atoms with E-state index in [0.717, 1.165) is 86.3 Å². The zero-order chi connectivity index (χ0) is 38.9. The van der Waals surface area contributed by atoms with Crippen LogP contribution in [-0.2, 0) is 16.4 Å². The number of carbonyl (C=O) groups excluding carboxylic acids is 1. The van der Waals surface area contributed by atoms with E-state index in [1.165, 1.54) is 35.9 Å². The van der Waals surface area contributed by atoms with Crippen molar-refractivity contribution in [1.82, 2.24) is 9.62 Å². The monoisotopic (exact) mass is 781 g/mol. The Morgan fingerprint density at radius 2 is 1.75 bits per heavy atom. The molecule has 286 valence electrons. The Hall–Kier alpha value is -5.17. The number of sulfonamides is 1. The van der Waals surface area contributed by atoms with Crippen LogP contribution in [0.2, 0.25) is 5.02 Å². The van der Waals surface area contributed by atoms with E-state index in [1.807, 2.05) is 42.5 Å². The van der Waals surface area contributed by atoms with Crippen LogP contribution >= 0.6 is 11.6 Å². The molecule has 0 aromatic heterocycles. The normalized spacial score (nSPS) is 16.8. The van der Waals surface area contributed by atoms with Gasteiger partial charge in [-0.1, -0.05) is 67.4 Å². The molecule has 55 heavy (non-hydrogen) atoms. The second kappa shape index (κ2) is 15.5. The average molecular weight is 782 g/mol. The topological polar surface area (TPSA) is 134 Å². The Kier molecular flexibility index (Phi) is 10.8. The standard InChI is InChI=1S/C42H44ClN5O6S/c1-42(2)19-18-30(36(26-42)29-10-12-31(43)13-11-29)27-46-20-22-47(23-21-46)32-14-16-35(40(24-32)54-39-9-5-7-28-6-4-8-34(28)39)41(49)45-55(52,53)33-15-17-37(44-3)38(25-33)48(50)51/h4-5,7-17,24-25,44H,6,18-23,26-27H2,1-3H3,(H,45,49). The van der Waals surface area contributed by atoms with Crippen LogP contribution in [0.1, 0.15) is 60.2 Å². The number of benzene rings is 4. The van der Waals surface area contributed by atoms with Crippen LogP contribution in [0.15, 0.2) is 95.4 Å². The van der Waals surface area contributed by atoms with Crippen LogP contribution in [-0.4, -0.2) is 63.9 Å². The van der Waals surface area contributed by atoms with Crippen molar-refractivity contribution in [3.63, 3.8) is 0 Å². The maximum Gasteiger partial charge on any atom is 0.293 e. The number of hydrogen-bond donors (Lipinski definition) is 2. The van der Waals surface area contributed by atoms with Crippen LogP contribution in [0.5, 0.6) is 11.5 Å². The molecule has 0 atom stereocenters. The van der Waals surface area contributed by atoms with E-state index in [0.29, 0.717) is 5.75 Å². The van der Waals surface area contributed by atoms with E-state index in [9.17, 15) is 23.3 Å². The smallest absolute Gasteiger partial charge is 0.293 e. The first kappa shape index (κ1) is 38.1. The number of fused-ring (bicyclic) bond motifs is 1. The Balaban J connectivity index is 1.12. The summed E-state index contributed by atoms with van der Waals surface area (Å²) in [6, 6.07) is 22.5.